The Bertz CT molecular complexity index is 1420. The number of aromatic nitrogens is 5. The molecule has 3 heterocycles. The summed E-state index contributed by atoms with van der Waals surface area (Å²) in [4.78, 5) is 40.1. The molecule has 4 rings (SSSR count). The minimum Gasteiger partial charge on any atom is -0.446 e. The van der Waals surface area contributed by atoms with Gasteiger partial charge in [-0.2, -0.15) is 17.6 Å². The van der Waals surface area contributed by atoms with E-state index in [4.69, 9.17) is 4.74 Å². The van der Waals surface area contributed by atoms with Crippen LogP contribution in [0.15, 0.2) is 41.6 Å². The molecule has 1 fully saturated rings. The molecule has 1 atom stereocenters. The number of nitrogens with one attached hydrogen (secondary N) is 2. The quantitative estimate of drug-likeness (QED) is 0.358. The summed E-state index contributed by atoms with van der Waals surface area (Å²) in [5, 5.41) is 11.8. The van der Waals surface area contributed by atoms with E-state index in [-0.39, 0.29) is 49.2 Å². The molecular formula is C24H24F5N7O4. The number of pyridine rings is 2. The highest BCUT2D eigenvalue weighted by atomic mass is 19.4. The number of amides is 2. The zero-order valence-electron chi connectivity index (χ0n) is 20.8. The van der Waals surface area contributed by atoms with Crippen LogP contribution in [-0.4, -0.2) is 48.8 Å². The molecule has 3 aromatic heterocycles. The number of aryl methyl sites for hydroxylation is 1. The fourth-order valence-corrected chi connectivity index (χ4v) is 3.68. The fraction of sp³-hybridized carbons (Fsp3) is 0.417. The minimum absolute atomic E-state index is 0.0246. The lowest BCUT2D eigenvalue weighted by Gasteiger charge is -2.25. The molecule has 0 aromatic carbocycles. The maximum absolute atomic E-state index is 14.6. The summed E-state index contributed by atoms with van der Waals surface area (Å²) in [5.41, 5.74) is -2.53. The molecule has 0 radical (unpaired) electrons. The van der Waals surface area contributed by atoms with Crippen LogP contribution in [0.4, 0.5) is 32.4 Å². The Kier molecular flexibility index (Phi) is 8.74. The number of hydrogen-bond donors (Lipinski definition) is 2. The van der Waals surface area contributed by atoms with Crippen LogP contribution in [-0.2, 0) is 30.5 Å². The summed E-state index contributed by atoms with van der Waals surface area (Å²) >= 11 is 0. The first-order valence-electron chi connectivity index (χ1n) is 12.2. The highest BCUT2D eigenvalue weighted by molar-refractivity contribution is 5.91. The highest BCUT2D eigenvalue weighted by Crippen LogP contribution is 2.29. The number of carbonyl (C=O) groups excluding carboxylic acids is 2. The van der Waals surface area contributed by atoms with Gasteiger partial charge in [-0.25, -0.2) is 13.9 Å². The molecule has 2 amide bonds. The average molecular weight is 569 g/mol. The van der Waals surface area contributed by atoms with Crippen molar-refractivity contribution in [3.63, 3.8) is 0 Å². The molecule has 1 aliphatic rings. The molecule has 0 saturated heterocycles. The minimum atomic E-state index is -4.56. The number of carbonyl (C=O) groups is 2. The molecule has 3 aromatic rings. The van der Waals surface area contributed by atoms with Crippen LogP contribution in [0.25, 0.3) is 0 Å². The van der Waals surface area contributed by atoms with Crippen LogP contribution < -0.4 is 16.2 Å². The SMILES string of the molecule is O=C(Nc1ccn(CCC(F)Cn2cc(C(=O)NCc3cc(C(F)(F)F)ccn3)nn2)c(=O)c1F)OC1CCC1. The summed E-state index contributed by atoms with van der Waals surface area (Å²) in [5.74, 6) is -1.97. The van der Waals surface area contributed by atoms with Gasteiger partial charge in [-0.05, 0) is 43.9 Å². The third-order valence-electron chi connectivity index (χ3n) is 6.08. The lowest BCUT2D eigenvalue weighted by molar-refractivity contribution is -0.137. The standard InChI is InChI=1S/C24H24F5N7O4/c25-15(5-8-35-9-6-18(20(26)22(35)38)32-23(39)40-17-2-1-3-17)12-36-13-19(33-34-36)21(37)31-11-16-10-14(4-7-30-16)24(27,28)29/h4,6-7,9-10,13,15,17H,1-3,5,8,11-12H2,(H,31,37)(H,32,39). The van der Waals surface area contributed by atoms with E-state index in [1.54, 1.807) is 0 Å². The van der Waals surface area contributed by atoms with Crippen LogP contribution in [0.1, 0.15) is 47.4 Å². The van der Waals surface area contributed by atoms with Gasteiger partial charge in [0.1, 0.15) is 12.3 Å². The van der Waals surface area contributed by atoms with Gasteiger partial charge < -0.3 is 14.6 Å². The predicted molar refractivity (Wildman–Crippen MR) is 128 cm³/mol. The number of alkyl halides is 4. The van der Waals surface area contributed by atoms with Gasteiger partial charge in [0, 0.05) is 18.9 Å². The molecule has 0 aliphatic heterocycles. The summed E-state index contributed by atoms with van der Waals surface area (Å²) in [6.45, 7) is -0.822. The van der Waals surface area contributed by atoms with E-state index in [1.165, 1.54) is 12.3 Å². The van der Waals surface area contributed by atoms with Crippen molar-refractivity contribution in [1.29, 1.82) is 0 Å². The molecule has 16 heteroatoms. The van der Waals surface area contributed by atoms with E-state index in [1.807, 2.05) is 0 Å². The summed E-state index contributed by atoms with van der Waals surface area (Å²) in [6, 6.07) is 2.78. The first-order valence-corrected chi connectivity index (χ1v) is 12.2. The summed E-state index contributed by atoms with van der Waals surface area (Å²) < 4.78 is 74.5. The van der Waals surface area contributed by atoms with Crippen molar-refractivity contribution in [3.05, 3.63) is 69.9 Å². The first kappa shape index (κ1) is 28.6. The average Bonchev–Trinajstić information content (AvgIpc) is 3.35. The maximum Gasteiger partial charge on any atom is 0.416 e. The van der Waals surface area contributed by atoms with Crippen molar-refractivity contribution in [1.82, 2.24) is 29.9 Å². The Hall–Kier alpha value is -4.37. The Balaban J connectivity index is 1.25. The number of ether oxygens (including phenoxy) is 1. The molecule has 1 aliphatic carbocycles. The number of nitrogens with zero attached hydrogens (tertiary/aromatic N) is 5. The number of halogens is 5. The molecule has 214 valence electrons. The maximum atomic E-state index is 14.6. The lowest BCUT2D eigenvalue weighted by atomic mass is 9.96. The van der Waals surface area contributed by atoms with E-state index in [2.05, 4.69) is 25.9 Å². The molecule has 2 N–H and O–H groups in total. The van der Waals surface area contributed by atoms with Crippen LogP contribution in [0, 0.1) is 5.82 Å². The van der Waals surface area contributed by atoms with Crippen molar-refractivity contribution in [2.75, 3.05) is 5.32 Å². The zero-order chi connectivity index (χ0) is 28.9. The zero-order valence-corrected chi connectivity index (χ0v) is 20.8. The predicted octanol–water partition coefficient (Wildman–Crippen LogP) is 3.45. The fourth-order valence-electron chi connectivity index (χ4n) is 3.68. The van der Waals surface area contributed by atoms with Gasteiger partial charge in [-0.3, -0.25) is 19.9 Å². The highest BCUT2D eigenvalue weighted by Gasteiger charge is 2.30. The monoisotopic (exact) mass is 569 g/mol. The second-order valence-electron chi connectivity index (χ2n) is 9.05. The first-order chi connectivity index (χ1) is 19.0. The largest absolute Gasteiger partial charge is 0.446 e. The van der Waals surface area contributed by atoms with Gasteiger partial charge in [0.25, 0.3) is 11.5 Å². The van der Waals surface area contributed by atoms with Crippen molar-refractivity contribution in [2.45, 2.75) is 63.8 Å². The Morgan fingerprint density at radius 3 is 2.70 bits per heavy atom. The van der Waals surface area contributed by atoms with E-state index in [0.717, 1.165) is 53.0 Å². The molecule has 1 saturated carbocycles. The smallest absolute Gasteiger partial charge is 0.416 e. The van der Waals surface area contributed by atoms with Crippen molar-refractivity contribution in [3.8, 4) is 0 Å². The van der Waals surface area contributed by atoms with Crippen molar-refractivity contribution < 1.29 is 36.3 Å². The van der Waals surface area contributed by atoms with Gasteiger partial charge in [0.05, 0.1) is 36.2 Å². The number of anilines is 1. The third kappa shape index (κ3) is 7.39. The van der Waals surface area contributed by atoms with Crippen LogP contribution in [0.5, 0.6) is 0 Å². The molecule has 1 unspecified atom stereocenters. The van der Waals surface area contributed by atoms with Gasteiger partial charge >= 0.3 is 12.3 Å². The van der Waals surface area contributed by atoms with Gasteiger partial charge in [0.2, 0.25) is 5.82 Å². The third-order valence-corrected chi connectivity index (χ3v) is 6.08. The summed E-state index contributed by atoms with van der Waals surface area (Å²) in [7, 11) is 0. The Morgan fingerprint density at radius 1 is 1.23 bits per heavy atom. The van der Waals surface area contributed by atoms with Gasteiger partial charge in [-0.1, -0.05) is 5.21 Å². The van der Waals surface area contributed by atoms with Gasteiger partial charge in [0.15, 0.2) is 5.69 Å². The Morgan fingerprint density at radius 2 is 2.00 bits per heavy atom. The number of rotatable bonds is 10. The van der Waals surface area contributed by atoms with Gasteiger partial charge in [-0.15, -0.1) is 5.10 Å². The molecular weight excluding hydrogens is 545 g/mol. The van der Waals surface area contributed by atoms with Crippen LogP contribution >= 0.6 is 0 Å². The van der Waals surface area contributed by atoms with E-state index < -0.39 is 41.3 Å². The van der Waals surface area contributed by atoms with E-state index in [0.29, 0.717) is 0 Å². The second kappa shape index (κ2) is 12.2. The topological polar surface area (TPSA) is 133 Å². The Labute approximate surface area is 223 Å². The molecule has 40 heavy (non-hydrogen) atoms. The normalized spacial score (nSPS) is 14.3. The number of hydrogen-bond acceptors (Lipinski definition) is 7. The van der Waals surface area contributed by atoms with Crippen molar-refractivity contribution in [2.24, 2.45) is 0 Å². The van der Waals surface area contributed by atoms with E-state index in [9.17, 15) is 36.3 Å². The van der Waals surface area contributed by atoms with Crippen molar-refractivity contribution >= 4 is 17.7 Å². The lowest BCUT2D eigenvalue weighted by Crippen LogP contribution is -2.30. The van der Waals surface area contributed by atoms with E-state index >= 15 is 0 Å². The molecule has 0 spiro atoms. The molecule has 0 bridgehead atoms. The van der Waals surface area contributed by atoms with Crippen LogP contribution in [0.3, 0.4) is 0 Å². The second-order valence-corrected chi connectivity index (χ2v) is 9.05. The molecule has 11 nitrogen and oxygen atoms in total. The van der Waals surface area contributed by atoms with Crippen LogP contribution in [0.2, 0.25) is 0 Å². The summed E-state index contributed by atoms with van der Waals surface area (Å²) in [6.07, 6.45) is -1.67.